The molecule has 1 heterocycles. The third-order valence-corrected chi connectivity index (χ3v) is 6.34. The molecule has 0 N–H and O–H groups in total. The van der Waals surface area contributed by atoms with Crippen LogP contribution in [-0.4, -0.2) is 15.1 Å². The maximum Gasteiger partial charge on any atom is 0.0558 e. The minimum absolute atomic E-state index is 0.499. The molecule has 0 aromatic heterocycles. The largest absolute Gasteiger partial charge is 0.144 e. The summed E-state index contributed by atoms with van der Waals surface area (Å²) in [5.41, 5.74) is 0. The van der Waals surface area contributed by atoms with Crippen molar-refractivity contribution in [2.24, 2.45) is 5.92 Å². The van der Waals surface area contributed by atoms with E-state index in [1.165, 1.54) is 31.4 Å². The topological polar surface area (TPSA) is 0 Å². The molecule has 2 fully saturated rings. The van der Waals surface area contributed by atoms with Crippen LogP contribution in [0.3, 0.4) is 0 Å². The van der Waals surface area contributed by atoms with E-state index in [9.17, 15) is 0 Å². The van der Waals surface area contributed by atoms with Gasteiger partial charge in [-0.2, -0.15) is 0 Å². The predicted octanol–water partition coefficient (Wildman–Crippen LogP) is 3.76. The Hall–Kier alpha value is 0.700. The minimum Gasteiger partial charge on any atom is -0.144 e. The van der Waals surface area contributed by atoms with Crippen LogP contribution in [0, 0.1) is 5.92 Å². The Morgan fingerprint density at radius 3 is 2.75 bits per heavy atom. The lowest BCUT2D eigenvalue weighted by atomic mass is 9.90. The molecule has 2 rings (SSSR count). The molecule has 0 radical (unpaired) electrons. The summed E-state index contributed by atoms with van der Waals surface area (Å²) >= 11 is 4.40. The molecule has 70 valence electrons. The molecule has 0 bridgehead atoms. The summed E-state index contributed by atoms with van der Waals surface area (Å²) in [6, 6.07) is 0. The van der Waals surface area contributed by atoms with Crippen LogP contribution in [-0.2, 0) is 0 Å². The van der Waals surface area contributed by atoms with E-state index >= 15 is 0 Å². The van der Waals surface area contributed by atoms with Crippen LogP contribution in [0.1, 0.15) is 39.5 Å². The lowest BCUT2D eigenvalue weighted by molar-refractivity contribution is 0.399. The highest BCUT2D eigenvalue weighted by molar-refractivity contribution is 8.19. The van der Waals surface area contributed by atoms with Crippen molar-refractivity contribution in [3.8, 4) is 0 Å². The van der Waals surface area contributed by atoms with E-state index in [0.29, 0.717) is 4.08 Å². The first-order chi connectivity index (χ1) is 5.67. The Bertz CT molecular complexity index is 165. The number of thioether (sulfide) groups is 2. The SMILES string of the molecule is CC1(C)SC[C@H]2CCCC[C@H]2S1. The van der Waals surface area contributed by atoms with Gasteiger partial charge in [0.1, 0.15) is 0 Å². The fourth-order valence-corrected chi connectivity index (χ4v) is 5.65. The molecule has 0 amide bonds. The third-order valence-electron chi connectivity index (χ3n) is 2.92. The van der Waals surface area contributed by atoms with Gasteiger partial charge in [-0.1, -0.05) is 12.8 Å². The average molecular weight is 202 g/mol. The molecule has 1 saturated heterocycles. The van der Waals surface area contributed by atoms with Gasteiger partial charge in [0, 0.05) is 5.25 Å². The third kappa shape index (κ3) is 1.95. The normalized spacial score (nSPS) is 40.5. The fourth-order valence-electron chi connectivity index (χ4n) is 2.23. The molecular weight excluding hydrogens is 184 g/mol. The molecule has 2 atom stereocenters. The van der Waals surface area contributed by atoms with Gasteiger partial charge in [0.2, 0.25) is 0 Å². The number of hydrogen-bond acceptors (Lipinski definition) is 2. The van der Waals surface area contributed by atoms with Crippen LogP contribution in [0.15, 0.2) is 0 Å². The van der Waals surface area contributed by atoms with E-state index in [2.05, 4.69) is 37.4 Å². The quantitative estimate of drug-likeness (QED) is 0.586. The van der Waals surface area contributed by atoms with Crippen molar-refractivity contribution in [3.63, 3.8) is 0 Å². The maximum atomic E-state index is 2.38. The molecule has 12 heavy (non-hydrogen) atoms. The van der Waals surface area contributed by atoms with Gasteiger partial charge in [0.15, 0.2) is 0 Å². The molecule has 0 aromatic carbocycles. The van der Waals surface area contributed by atoms with Crippen molar-refractivity contribution in [1.29, 1.82) is 0 Å². The molecule has 1 saturated carbocycles. The summed E-state index contributed by atoms with van der Waals surface area (Å²) in [5, 5.41) is 0.995. The highest BCUT2D eigenvalue weighted by Gasteiger charge is 2.36. The van der Waals surface area contributed by atoms with Crippen molar-refractivity contribution in [2.75, 3.05) is 5.75 Å². The highest BCUT2D eigenvalue weighted by atomic mass is 32.2. The van der Waals surface area contributed by atoms with E-state index in [4.69, 9.17) is 0 Å². The van der Waals surface area contributed by atoms with Gasteiger partial charge < -0.3 is 0 Å². The average Bonchev–Trinajstić information content (AvgIpc) is 2.02. The molecule has 0 aromatic rings. The zero-order chi connectivity index (χ0) is 8.60. The van der Waals surface area contributed by atoms with Gasteiger partial charge in [0.05, 0.1) is 4.08 Å². The Kier molecular flexibility index (Phi) is 2.66. The highest BCUT2D eigenvalue weighted by Crippen LogP contribution is 2.51. The van der Waals surface area contributed by atoms with Crippen LogP contribution in [0.4, 0.5) is 0 Å². The van der Waals surface area contributed by atoms with E-state index in [1.807, 2.05) is 0 Å². The summed E-state index contributed by atoms with van der Waals surface area (Å²) in [6.45, 7) is 4.76. The number of fused-ring (bicyclic) bond motifs is 1. The van der Waals surface area contributed by atoms with Crippen LogP contribution in [0.25, 0.3) is 0 Å². The molecule has 0 unspecified atom stereocenters. The molecule has 1 aliphatic carbocycles. The van der Waals surface area contributed by atoms with Crippen molar-refractivity contribution >= 4 is 23.5 Å². The van der Waals surface area contributed by atoms with Gasteiger partial charge in [-0.25, -0.2) is 0 Å². The number of rotatable bonds is 0. The van der Waals surface area contributed by atoms with Gasteiger partial charge in [-0.3, -0.25) is 0 Å². The summed E-state index contributed by atoms with van der Waals surface area (Å²) < 4.78 is 0.499. The summed E-state index contributed by atoms with van der Waals surface area (Å²) in [7, 11) is 0. The van der Waals surface area contributed by atoms with E-state index in [-0.39, 0.29) is 0 Å². The minimum atomic E-state index is 0.499. The van der Waals surface area contributed by atoms with Crippen molar-refractivity contribution in [3.05, 3.63) is 0 Å². The zero-order valence-electron chi connectivity index (χ0n) is 8.01. The second kappa shape index (κ2) is 3.45. The lowest BCUT2D eigenvalue weighted by Crippen LogP contribution is -2.33. The zero-order valence-corrected chi connectivity index (χ0v) is 9.64. The lowest BCUT2D eigenvalue weighted by Gasteiger charge is -2.42. The van der Waals surface area contributed by atoms with E-state index in [1.54, 1.807) is 0 Å². The summed E-state index contributed by atoms with van der Waals surface area (Å²) in [6.07, 6.45) is 5.96. The van der Waals surface area contributed by atoms with Gasteiger partial charge >= 0.3 is 0 Å². The Morgan fingerprint density at radius 1 is 1.17 bits per heavy atom. The second-order valence-electron chi connectivity index (χ2n) is 4.41. The Labute approximate surface area is 84.3 Å². The molecule has 2 heteroatoms. The predicted molar refractivity (Wildman–Crippen MR) is 59.9 cm³/mol. The van der Waals surface area contributed by atoms with E-state index < -0.39 is 0 Å². The van der Waals surface area contributed by atoms with Gasteiger partial charge in [-0.05, 0) is 38.4 Å². The van der Waals surface area contributed by atoms with Crippen molar-refractivity contribution in [1.82, 2.24) is 0 Å². The van der Waals surface area contributed by atoms with Crippen LogP contribution in [0.5, 0.6) is 0 Å². The maximum absolute atomic E-state index is 2.38. The first-order valence-electron chi connectivity index (χ1n) is 4.99. The fraction of sp³-hybridized carbons (Fsp3) is 1.00. The summed E-state index contributed by atoms with van der Waals surface area (Å²) in [4.78, 5) is 0. The molecular formula is C10H18S2. The molecule has 1 aliphatic heterocycles. The molecule has 0 spiro atoms. The summed E-state index contributed by atoms with van der Waals surface area (Å²) in [5.74, 6) is 2.46. The first kappa shape index (κ1) is 9.26. The monoisotopic (exact) mass is 202 g/mol. The molecule has 2 aliphatic rings. The molecule has 0 nitrogen and oxygen atoms in total. The van der Waals surface area contributed by atoms with E-state index in [0.717, 1.165) is 11.2 Å². The van der Waals surface area contributed by atoms with Crippen LogP contribution in [0.2, 0.25) is 0 Å². The van der Waals surface area contributed by atoms with Gasteiger partial charge in [-0.15, -0.1) is 23.5 Å². The smallest absolute Gasteiger partial charge is 0.0558 e. The van der Waals surface area contributed by atoms with Crippen molar-refractivity contribution < 1.29 is 0 Å². The van der Waals surface area contributed by atoms with Gasteiger partial charge in [0.25, 0.3) is 0 Å². The second-order valence-corrected chi connectivity index (χ2v) is 8.17. The Morgan fingerprint density at radius 2 is 1.92 bits per heavy atom. The van der Waals surface area contributed by atoms with Crippen LogP contribution < -0.4 is 0 Å². The Balaban J connectivity index is 1.99. The standard InChI is InChI=1S/C10H18S2/c1-10(2)11-7-8-5-3-4-6-9(8)12-10/h8-9H,3-7H2,1-2H3/t8-,9-/m1/s1. The van der Waals surface area contributed by atoms with Crippen LogP contribution >= 0.6 is 23.5 Å². The van der Waals surface area contributed by atoms with Crippen molar-refractivity contribution in [2.45, 2.75) is 48.9 Å². The number of hydrogen-bond donors (Lipinski definition) is 0. The first-order valence-corrected chi connectivity index (χ1v) is 6.86.